The van der Waals surface area contributed by atoms with E-state index in [2.05, 4.69) is 5.32 Å². The van der Waals surface area contributed by atoms with Gasteiger partial charge in [0.05, 0.1) is 5.56 Å². The number of benzene rings is 2. The monoisotopic (exact) mass is 452 g/mol. The third-order valence-electron chi connectivity index (χ3n) is 5.87. The fraction of sp³-hybridized carbons (Fsp3) is 0.423. The highest BCUT2D eigenvalue weighted by molar-refractivity contribution is 6.03. The normalized spacial score (nSPS) is 20.3. The van der Waals surface area contributed by atoms with Crippen molar-refractivity contribution in [2.45, 2.75) is 59.9 Å². The van der Waals surface area contributed by atoms with E-state index in [1.54, 1.807) is 52.0 Å². The Morgan fingerprint density at radius 1 is 1.06 bits per heavy atom. The van der Waals surface area contributed by atoms with E-state index in [1.165, 1.54) is 0 Å². The summed E-state index contributed by atoms with van der Waals surface area (Å²) in [6.07, 6.45) is -0.770. The molecular formula is C26H32N2O5. The van der Waals surface area contributed by atoms with Crippen LogP contribution in [0.4, 0.5) is 4.79 Å². The quantitative estimate of drug-likeness (QED) is 0.505. The van der Waals surface area contributed by atoms with Crippen LogP contribution in [0.15, 0.2) is 54.6 Å². The second-order valence-electron chi connectivity index (χ2n) is 9.75. The number of rotatable bonds is 6. The maximum Gasteiger partial charge on any atom is 0.338 e. The van der Waals surface area contributed by atoms with Crippen LogP contribution >= 0.6 is 0 Å². The molecule has 2 aromatic carbocycles. The van der Waals surface area contributed by atoms with Crippen LogP contribution in [0.1, 0.15) is 57.5 Å². The molecule has 0 spiro atoms. The Hall–Kier alpha value is -3.35. The van der Waals surface area contributed by atoms with Crippen molar-refractivity contribution in [3.05, 3.63) is 65.7 Å². The fourth-order valence-corrected chi connectivity index (χ4v) is 3.57. The molecule has 0 aliphatic carbocycles. The van der Waals surface area contributed by atoms with E-state index in [-0.39, 0.29) is 11.8 Å². The minimum atomic E-state index is -0.853. The number of nitrogens with one attached hydrogen (secondary N) is 1. The number of likely N-dealkylation sites (tertiary alicyclic amines) is 1. The maximum absolute atomic E-state index is 13.0. The van der Waals surface area contributed by atoms with Gasteiger partial charge in [0.25, 0.3) is 0 Å². The largest absolute Gasteiger partial charge is 0.469 e. The molecule has 1 fully saturated rings. The first-order chi connectivity index (χ1) is 15.4. The molecule has 176 valence electrons. The van der Waals surface area contributed by atoms with Crippen molar-refractivity contribution >= 4 is 17.9 Å². The second-order valence-corrected chi connectivity index (χ2v) is 9.75. The van der Waals surface area contributed by atoms with Crippen LogP contribution < -0.4 is 10.1 Å². The van der Waals surface area contributed by atoms with Crippen LogP contribution in [-0.2, 0) is 16.1 Å². The van der Waals surface area contributed by atoms with Crippen LogP contribution in [0.2, 0.25) is 0 Å². The van der Waals surface area contributed by atoms with Crippen LogP contribution in [0, 0.1) is 11.3 Å². The Bertz CT molecular complexity index is 1010. The van der Waals surface area contributed by atoms with Gasteiger partial charge in [-0.2, -0.15) is 0 Å². The van der Waals surface area contributed by atoms with E-state index in [4.69, 9.17) is 9.47 Å². The van der Waals surface area contributed by atoms with Crippen molar-refractivity contribution in [1.29, 1.82) is 0 Å². The van der Waals surface area contributed by atoms with E-state index in [9.17, 15) is 14.4 Å². The predicted molar refractivity (Wildman–Crippen MR) is 124 cm³/mol. The molecule has 0 radical (unpaired) electrons. The lowest BCUT2D eigenvalue weighted by Crippen LogP contribution is -2.74. The highest BCUT2D eigenvalue weighted by Crippen LogP contribution is 2.46. The summed E-state index contributed by atoms with van der Waals surface area (Å²) in [5.41, 5.74) is -0.120. The average molecular weight is 453 g/mol. The number of carbonyl (C=O) groups is 3. The summed E-state index contributed by atoms with van der Waals surface area (Å²) in [4.78, 5) is 39.2. The maximum atomic E-state index is 13.0. The van der Waals surface area contributed by atoms with Crippen molar-refractivity contribution in [2.24, 2.45) is 11.3 Å². The Kier molecular flexibility index (Phi) is 6.81. The summed E-state index contributed by atoms with van der Waals surface area (Å²) < 4.78 is 11.5. The van der Waals surface area contributed by atoms with Gasteiger partial charge in [0, 0.05) is 6.54 Å². The SMILES string of the molecule is CC(C)[C@@]1(C)C(=O)N(C(=O)NCc2ccccc2)[C@H]1Oc1ccc(C(=O)OC(C)(C)C)cc1. The Morgan fingerprint density at radius 2 is 1.67 bits per heavy atom. The zero-order valence-corrected chi connectivity index (χ0v) is 20.0. The number of imide groups is 1. The second kappa shape index (κ2) is 9.25. The molecule has 0 bridgehead atoms. The molecule has 1 N–H and O–H groups in total. The lowest BCUT2D eigenvalue weighted by atomic mass is 9.69. The van der Waals surface area contributed by atoms with E-state index in [0.717, 1.165) is 10.5 Å². The van der Waals surface area contributed by atoms with Crippen LogP contribution in [0.5, 0.6) is 5.75 Å². The van der Waals surface area contributed by atoms with Crippen LogP contribution in [0.25, 0.3) is 0 Å². The zero-order valence-electron chi connectivity index (χ0n) is 20.0. The van der Waals surface area contributed by atoms with Crippen molar-refractivity contribution < 1.29 is 23.9 Å². The summed E-state index contributed by atoms with van der Waals surface area (Å²) in [6.45, 7) is 11.4. The fourth-order valence-electron chi connectivity index (χ4n) is 3.57. The number of esters is 1. The molecule has 2 aromatic rings. The molecule has 33 heavy (non-hydrogen) atoms. The smallest absolute Gasteiger partial charge is 0.338 e. The highest BCUT2D eigenvalue weighted by atomic mass is 16.6. The molecule has 1 heterocycles. The third-order valence-corrected chi connectivity index (χ3v) is 5.87. The van der Waals surface area contributed by atoms with Gasteiger partial charge < -0.3 is 14.8 Å². The topological polar surface area (TPSA) is 84.9 Å². The number of hydrogen-bond acceptors (Lipinski definition) is 5. The van der Waals surface area contributed by atoms with Gasteiger partial charge in [0.1, 0.15) is 16.8 Å². The van der Waals surface area contributed by atoms with Gasteiger partial charge in [0.15, 0.2) is 6.23 Å². The van der Waals surface area contributed by atoms with Gasteiger partial charge in [-0.15, -0.1) is 0 Å². The molecule has 3 amide bonds. The molecule has 1 aliphatic rings. The molecule has 1 saturated heterocycles. The molecular weight excluding hydrogens is 420 g/mol. The molecule has 3 rings (SSSR count). The van der Waals surface area contributed by atoms with Crippen molar-refractivity contribution in [2.75, 3.05) is 0 Å². The Balaban J connectivity index is 1.74. The molecule has 7 nitrogen and oxygen atoms in total. The van der Waals surface area contributed by atoms with E-state index < -0.39 is 29.2 Å². The Labute approximate surface area is 195 Å². The minimum Gasteiger partial charge on any atom is -0.469 e. The molecule has 0 aromatic heterocycles. The summed E-state index contributed by atoms with van der Waals surface area (Å²) in [5, 5.41) is 2.79. The summed E-state index contributed by atoms with van der Waals surface area (Å²) in [6, 6.07) is 15.5. The Morgan fingerprint density at radius 3 is 2.21 bits per heavy atom. The number of carbonyl (C=O) groups excluding carboxylic acids is 3. The van der Waals surface area contributed by atoms with Gasteiger partial charge in [-0.05, 0) is 63.4 Å². The number of amides is 3. The lowest BCUT2D eigenvalue weighted by molar-refractivity contribution is -0.194. The first-order valence-electron chi connectivity index (χ1n) is 11.1. The van der Waals surface area contributed by atoms with Crippen molar-refractivity contribution in [1.82, 2.24) is 10.2 Å². The van der Waals surface area contributed by atoms with Gasteiger partial charge in [-0.3, -0.25) is 4.79 Å². The van der Waals surface area contributed by atoms with E-state index >= 15 is 0 Å². The predicted octanol–water partition coefficient (Wildman–Crippen LogP) is 4.76. The van der Waals surface area contributed by atoms with Gasteiger partial charge in [-0.25, -0.2) is 14.5 Å². The van der Waals surface area contributed by atoms with Crippen LogP contribution in [0.3, 0.4) is 0 Å². The first kappa shape index (κ1) is 24.3. The summed E-state index contributed by atoms with van der Waals surface area (Å²) >= 11 is 0. The zero-order chi connectivity index (χ0) is 24.4. The van der Waals surface area contributed by atoms with Gasteiger partial charge in [-0.1, -0.05) is 44.2 Å². The number of hydrogen-bond donors (Lipinski definition) is 1. The van der Waals surface area contributed by atoms with Crippen LogP contribution in [-0.4, -0.2) is 34.6 Å². The number of ether oxygens (including phenoxy) is 2. The molecule has 2 atom stereocenters. The van der Waals surface area contributed by atoms with E-state index in [1.807, 2.05) is 44.2 Å². The third kappa shape index (κ3) is 5.18. The van der Waals surface area contributed by atoms with Gasteiger partial charge in [0.2, 0.25) is 5.91 Å². The number of nitrogens with zero attached hydrogens (tertiary/aromatic N) is 1. The minimum absolute atomic E-state index is 0.0470. The first-order valence-corrected chi connectivity index (χ1v) is 11.1. The highest BCUT2D eigenvalue weighted by Gasteiger charge is 2.63. The molecule has 0 unspecified atom stereocenters. The molecule has 1 aliphatic heterocycles. The summed E-state index contributed by atoms with van der Waals surface area (Å²) in [5.74, 6) is -0.304. The van der Waals surface area contributed by atoms with Gasteiger partial charge >= 0.3 is 12.0 Å². The molecule has 0 saturated carbocycles. The standard InChI is InChI=1S/C26H32N2O5/c1-17(2)26(6)22(30)28(24(31)27-16-18-10-8-7-9-11-18)23(26)32-20-14-12-19(13-15-20)21(29)33-25(3,4)5/h7-15,17,23H,16H2,1-6H3,(H,27,31)/t23-,26-/m0/s1. The van der Waals surface area contributed by atoms with Crippen molar-refractivity contribution in [3.8, 4) is 5.75 Å². The van der Waals surface area contributed by atoms with Crippen molar-refractivity contribution in [3.63, 3.8) is 0 Å². The lowest BCUT2D eigenvalue weighted by Gasteiger charge is -2.53. The average Bonchev–Trinajstić information content (AvgIpc) is 2.76. The summed E-state index contributed by atoms with van der Waals surface area (Å²) in [7, 11) is 0. The van der Waals surface area contributed by atoms with E-state index in [0.29, 0.717) is 17.9 Å². The molecule has 7 heteroatoms. The number of urea groups is 1. The number of β-lactam (4-membered cyclic amide) rings is 1.